The molecule has 3 heterocycles. The predicted molar refractivity (Wildman–Crippen MR) is 121 cm³/mol. The molecule has 1 saturated heterocycles. The standard InChI is InChI=1S/C23H26F3N5O2S/c1-14-20(33-13-27-14)21-29-28-18(30(21)2)11-34-19(32)10-31-8-7-22(12-31)9-17(22)15-3-5-16(6-4-15)23(24,25)26/h3-6,13,17,19,32H,7-12H2,1-2H3/t17-,19?,22+/m1/s1. The maximum absolute atomic E-state index is 12.8. The number of aromatic nitrogens is 4. The molecule has 1 aliphatic heterocycles. The average molecular weight is 494 g/mol. The highest BCUT2D eigenvalue weighted by molar-refractivity contribution is 7.98. The minimum Gasteiger partial charge on any atom is -0.440 e. The molecule has 11 heteroatoms. The predicted octanol–water partition coefficient (Wildman–Crippen LogP) is 4.23. The van der Waals surface area contributed by atoms with Gasteiger partial charge in [0.2, 0.25) is 5.82 Å². The van der Waals surface area contributed by atoms with Gasteiger partial charge in [-0.1, -0.05) is 12.1 Å². The second-order valence-corrected chi connectivity index (χ2v) is 10.4. The molecule has 7 nitrogen and oxygen atoms in total. The van der Waals surface area contributed by atoms with E-state index in [1.807, 2.05) is 18.5 Å². The molecular weight excluding hydrogens is 467 g/mol. The van der Waals surface area contributed by atoms with Gasteiger partial charge in [0.25, 0.3) is 0 Å². The molecule has 1 aliphatic carbocycles. The summed E-state index contributed by atoms with van der Waals surface area (Å²) in [7, 11) is 1.86. The van der Waals surface area contributed by atoms with E-state index < -0.39 is 17.2 Å². The van der Waals surface area contributed by atoms with Crippen LogP contribution in [-0.2, 0) is 19.0 Å². The number of rotatable bonds is 7. The highest BCUT2D eigenvalue weighted by Crippen LogP contribution is 2.64. The number of thioether (sulfide) groups is 1. The van der Waals surface area contributed by atoms with Gasteiger partial charge in [-0.3, -0.25) is 4.90 Å². The van der Waals surface area contributed by atoms with Crippen molar-refractivity contribution in [2.45, 2.75) is 43.0 Å². The lowest BCUT2D eigenvalue weighted by molar-refractivity contribution is -0.137. The van der Waals surface area contributed by atoms with E-state index in [1.54, 1.807) is 12.1 Å². The number of alkyl halides is 3. The SMILES string of the molecule is Cc1ncoc1-c1nnc(CSC(O)CN2CC[C@]3(C[C@@H]3c3ccc(C(F)(F)F)cc3)C2)n1C. The number of aliphatic hydroxyl groups excluding tert-OH is 1. The van der Waals surface area contributed by atoms with Crippen LogP contribution in [0.15, 0.2) is 35.1 Å². The van der Waals surface area contributed by atoms with Gasteiger partial charge in [-0.05, 0) is 55.3 Å². The molecule has 1 saturated carbocycles. The van der Waals surface area contributed by atoms with Crippen molar-refractivity contribution < 1.29 is 22.7 Å². The van der Waals surface area contributed by atoms with Crippen molar-refractivity contribution in [1.29, 1.82) is 0 Å². The lowest BCUT2D eigenvalue weighted by atomic mass is 9.97. The van der Waals surface area contributed by atoms with E-state index in [0.29, 0.717) is 29.8 Å². The third-order valence-corrected chi connectivity index (χ3v) is 7.99. The van der Waals surface area contributed by atoms with Crippen LogP contribution in [0.2, 0.25) is 0 Å². The Bertz CT molecular complexity index is 1160. The molecule has 3 aromatic rings. The molecule has 3 atom stereocenters. The largest absolute Gasteiger partial charge is 0.440 e. The Morgan fingerprint density at radius 3 is 2.71 bits per heavy atom. The van der Waals surface area contributed by atoms with Crippen molar-refractivity contribution in [3.05, 3.63) is 53.3 Å². The fraction of sp³-hybridized carbons (Fsp3) is 0.522. The van der Waals surface area contributed by atoms with Crippen molar-refractivity contribution in [2.75, 3.05) is 19.6 Å². The molecule has 182 valence electrons. The first-order valence-corrected chi connectivity index (χ1v) is 12.2. The molecular formula is C23H26F3N5O2S. The number of β-amino-alcohol motifs (C(OH)–C–C–N with tert-alkyl or cyclic N) is 1. The van der Waals surface area contributed by atoms with Crippen molar-refractivity contribution in [3.63, 3.8) is 0 Å². The quantitative estimate of drug-likeness (QED) is 0.494. The van der Waals surface area contributed by atoms with Gasteiger partial charge in [-0.15, -0.1) is 22.0 Å². The number of nitrogens with zero attached hydrogens (tertiary/aromatic N) is 5. The zero-order valence-corrected chi connectivity index (χ0v) is 19.7. The maximum Gasteiger partial charge on any atom is 0.416 e. The van der Waals surface area contributed by atoms with Crippen LogP contribution in [0.1, 0.15) is 41.4 Å². The molecule has 1 N–H and O–H groups in total. The van der Waals surface area contributed by atoms with Crippen LogP contribution in [-0.4, -0.2) is 54.8 Å². The minimum atomic E-state index is -4.31. The number of aryl methyl sites for hydroxylation is 1. The van der Waals surface area contributed by atoms with Gasteiger partial charge in [-0.25, -0.2) is 4.98 Å². The Hall–Kier alpha value is -2.37. The summed E-state index contributed by atoms with van der Waals surface area (Å²) in [6.45, 7) is 4.12. The Labute approximate surface area is 199 Å². The first-order valence-electron chi connectivity index (χ1n) is 11.1. The number of likely N-dealkylation sites (tertiary alicyclic amines) is 1. The van der Waals surface area contributed by atoms with Crippen LogP contribution in [0.3, 0.4) is 0 Å². The summed E-state index contributed by atoms with van der Waals surface area (Å²) in [5.41, 5.74) is 0.658. The molecule has 1 unspecified atom stereocenters. The third kappa shape index (κ3) is 4.48. The van der Waals surface area contributed by atoms with Gasteiger partial charge in [0.05, 0.1) is 17.0 Å². The molecule has 1 spiro atoms. The lowest BCUT2D eigenvalue weighted by Gasteiger charge is -2.20. The average Bonchev–Trinajstić information content (AvgIpc) is 3.06. The van der Waals surface area contributed by atoms with Gasteiger partial charge in [0, 0.05) is 20.1 Å². The molecule has 0 radical (unpaired) electrons. The summed E-state index contributed by atoms with van der Waals surface area (Å²) in [6, 6.07) is 5.59. The first kappa shape index (κ1) is 23.4. The molecule has 2 aromatic heterocycles. The molecule has 34 heavy (non-hydrogen) atoms. The van der Waals surface area contributed by atoms with Gasteiger partial charge in [0.1, 0.15) is 11.3 Å². The molecule has 5 rings (SSSR count). The number of halogens is 3. The van der Waals surface area contributed by atoms with E-state index in [4.69, 9.17) is 4.42 Å². The van der Waals surface area contributed by atoms with Crippen molar-refractivity contribution in [1.82, 2.24) is 24.6 Å². The summed E-state index contributed by atoms with van der Waals surface area (Å²) in [5, 5.41) is 19.0. The summed E-state index contributed by atoms with van der Waals surface area (Å²) >= 11 is 1.40. The second-order valence-electron chi connectivity index (χ2n) is 9.26. The molecule has 1 aromatic carbocycles. The van der Waals surface area contributed by atoms with Crippen LogP contribution < -0.4 is 0 Å². The fourth-order valence-electron chi connectivity index (χ4n) is 4.96. The summed E-state index contributed by atoms with van der Waals surface area (Å²) in [5.74, 6) is 2.72. The Morgan fingerprint density at radius 1 is 1.26 bits per heavy atom. The number of hydrogen-bond acceptors (Lipinski definition) is 7. The lowest BCUT2D eigenvalue weighted by Crippen LogP contribution is -2.29. The number of oxazole rings is 1. The Balaban J connectivity index is 1.12. The number of hydrogen-bond donors (Lipinski definition) is 1. The van der Waals surface area contributed by atoms with Crippen LogP contribution in [0, 0.1) is 12.3 Å². The number of aliphatic hydroxyl groups is 1. The van der Waals surface area contributed by atoms with Gasteiger partial charge >= 0.3 is 6.18 Å². The van der Waals surface area contributed by atoms with Crippen LogP contribution in [0.5, 0.6) is 0 Å². The highest BCUT2D eigenvalue weighted by atomic mass is 32.2. The van der Waals surface area contributed by atoms with E-state index in [1.165, 1.54) is 30.3 Å². The van der Waals surface area contributed by atoms with Crippen molar-refractivity contribution >= 4 is 11.8 Å². The third-order valence-electron chi connectivity index (χ3n) is 7.03. The topological polar surface area (TPSA) is 80.2 Å². The fourth-order valence-corrected chi connectivity index (χ4v) is 5.87. The molecule has 2 aliphatic rings. The van der Waals surface area contributed by atoms with E-state index >= 15 is 0 Å². The molecule has 0 bridgehead atoms. The first-order chi connectivity index (χ1) is 16.2. The highest BCUT2D eigenvalue weighted by Gasteiger charge is 2.57. The Kier molecular flexibility index (Phi) is 5.97. The minimum absolute atomic E-state index is 0.123. The molecule has 0 amide bonds. The zero-order chi connectivity index (χ0) is 24.1. The second kappa shape index (κ2) is 8.69. The monoisotopic (exact) mass is 493 g/mol. The van der Waals surface area contributed by atoms with Crippen LogP contribution in [0.25, 0.3) is 11.6 Å². The van der Waals surface area contributed by atoms with Gasteiger partial charge in [0.15, 0.2) is 12.2 Å². The summed E-state index contributed by atoms with van der Waals surface area (Å²) < 4.78 is 45.7. The maximum atomic E-state index is 12.8. The smallest absolute Gasteiger partial charge is 0.416 e. The Morgan fingerprint density at radius 2 is 2.03 bits per heavy atom. The van der Waals surface area contributed by atoms with Crippen LogP contribution >= 0.6 is 11.8 Å². The summed E-state index contributed by atoms with van der Waals surface area (Å²) in [4.78, 5) is 6.34. The van der Waals surface area contributed by atoms with E-state index in [0.717, 1.165) is 43.0 Å². The van der Waals surface area contributed by atoms with E-state index in [-0.39, 0.29) is 5.41 Å². The van der Waals surface area contributed by atoms with Gasteiger partial charge < -0.3 is 14.1 Å². The summed E-state index contributed by atoms with van der Waals surface area (Å²) in [6.07, 6.45) is -0.943. The number of benzene rings is 1. The van der Waals surface area contributed by atoms with Gasteiger partial charge in [-0.2, -0.15) is 13.2 Å². The van der Waals surface area contributed by atoms with Crippen LogP contribution in [0.4, 0.5) is 13.2 Å². The zero-order valence-electron chi connectivity index (χ0n) is 18.9. The van der Waals surface area contributed by atoms with Crippen molar-refractivity contribution in [2.24, 2.45) is 12.5 Å². The van der Waals surface area contributed by atoms with Crippen molar-refractivity contribution in [3.8, 4) is 11.6 Å². The van der Waals surface area contributed by atoms with E-state index in [2.05, 4.69) is 20.1 Å². The molecule has 2 fully saturated rings. The normalized spacial score (nSPS) is 23.6. The van der Waals surface area contributed by atoms with E-state index in [9.17, 15) is 18.3 Å².